The zero-order valence-electron chi connectivity index (χ0n) is 13.0. The summed E-state index contributed by atoms with van der Waals surface area (Å²) in [6.45, 7) is 9.44. The van der Waals surface area contributed by atoms with Crippen molar-refractivity contribution >= 4 is 18.3 Å². The molecule has 2 rings (SSSR count). The van der Waals surface area contributed by atoms with Crippen molar-refractivity contribution in [2.75, 3.05) is 26.2 Å². The highest BCUT2D eigenvalue weighted by atomic mass is 35.5. The quantitative estimate of drug-likeness (QED) is 0.929. The molecule has 1 atom stereocenters. The Labute approximate surface area is 133 Å². The lowest BCUT2D eigenvalue weighted by atomic mass is 10.1. The van der Waals surface area contributed by atoms with Gasteiger partial charge in [-0.15, -0.1) is 12.4 Å². The Kier molecular flexibility index (Phi) is 6.99. The number of benzene rings is 1. The molecule has 0 radical (unpaired) electrons. The molecule has 0 spiro atoms. The highest BCUT2D eigenvalue weighted by Gasteiger charge is 2.24. The summed E-state index contributed by atoms with van der Waals surface area (Å²) in [5.41, 5.74) is 0.708. The minimum absolute atomic E-state index is 0. The fraction of sp³-hybridized carbons (Fsp3) is 0.562. The highest BCUT2D eigenvalue weighted by molar-refractivity contribution is 5.94. The molecule has 0 aliphatic carbocycles. The van der Waals surface area contributed by atoms with Gasteiger partial charge in [-0.05, 0) is 31.0 Å². The van der Waals surface area contributed by atoms with Crippen LogP contribution in [0, 0.1) is 5.92 Å². The van der Waals surface area contributed by atoms with Crippen molar-refractivity contribution < 1.29 is 9.53 Å². The van der Waals surface area contributed by atoms with Crippen molar-refractivity contribution in [2.24, 2.45) is 5.92 Å². The summed E-state index contributed by atoms with van der Waals surface area (Å²) in [7, 11) is 0. The molecule has 1 aromatic carbocycles. The number of hydrogen-bond acceptors (Lipinski definition) is 3. The van der Waals surface area contributed by atoms with Crippen LogP contribution < -0.4 is 10.1 Å². The lowest BCUT2D eigenvalue weighted by molar-refractivity contribution is 0.0655. The summed E-state index contributed by atoms with van der Waals surface area (Å²) in [4.78, 5) is 14.5. The van der Waals surface area contributed by atoms with E-state index >= 15 is 0 Å². The highest BCUT2D eigenvalue weighted by Crippen LogP contribution is 2.17. The SMILES string of the molecule is CC(C)COc1cccc(C(=O)N2CCNC[C@@H]2C)c1.Cl. The first-order valence-corrected chi connectivity index (χ1v) is 7.32. The van der Waals surface area contributed by atoms with Crippen molar-refractivity contribution in [1.82, 2.24) is 10.2 Å². The second-order valence-electron chi connectivity index (χ2n) is 5.78. The average molecular weight is 313 g/mol. The molecule has 1 aromatic rings. The van der Waals surface area contributed by atoms with Gasteiger partial charge in [-0.25, -0.2) is 0 Å². The minimum atomic E-state index is 0. The maximum Gasteiger partial charge on any atom is 0.254 e. The molecule has 0 aromatic heterocycles. The van der Waals surface area contributed by atoms with Crippen molar-refractivity contribution in [3.63, 3.8) is 0 Å². The van der Waals surface area contributed by atoms with Gasteiger partial charge < -0.3 is 15.0 Å². The number of nitrogens with zero attached hydrogens (tertiary/aromatic N) is 1. The van der Waals surface area contributed by atoms with E-state index in [1.54, 1.807) is 0 Å². The molecule has 1 fully saturated rings. The third-order valence-electron chi connectivity index (χ3n) is 3.43. The van der Waals surface area contributed by atoms with E-state index in [2.05, 4.69) is 26.1 Å². The number of amides is 1. The Balaban J connectivity index is 0.00000220. The van der Waals surface area contributed by atoms with Crippen LogP contribution in [0.4, 0.5) is 0 Å². The predicted octanol–water partition coefficient (Wildman–Crippen LogP) is 2.58. The van der Waals surface area contributed by atoms with Crippen LogP contribution in [0.2, 0.25) is 0 Å². The molecular weight excluding hydrogens is 288 g/mol. The normalized spacial score (nSPS) is 18.3. The molecule has 0 saturated carbocycles. The lowest BCUT2D eigenvalue weighted by Gasteiger charge is -2.34. The Morgan fingerprint density at radius 1 is 1.48 bits per heavy atom. The number of rotatable bonds is 4. The zero-order valence-corrected chi connectivity index (χ0v) is 13.8. The van der Waals surface area contributed by atoms with Crippen molar-refractivity contribution in [1.29, 1.82) is 0 Å². The van der Waals surface area contributed by atoms with Crippen LogP contribution in [0.1, 0.15) is 31.1 Å². The second kappa shape index (κ2) is 8.25. The molecule has 1 N–H and O–H groups in total. The largest absolute Gasteiger partial charge is 0.493 e. The number of ether oxygens (including phenoxy) is 1. The molecule has 0 unspecified atom stereocenters. The minimum Gasteiger partial charge on any atom is -0.493 e. The number of nitrogens with one attached hydrogen (secondary N) is 1. The summed E-state index contributed by atoms with van der Waals surface area (Å²) in [6.07, 6.45) is 0. The van der Waals surface area contributed by atoms with Crippen LogP contribution >= 0.6 is 12.4 Å². The molecular formula is C16H25ClN2O2. The van der Waals surface area contributed by atoms with E-state index in [9.17, 15) is 4.79 Å². The van der Waals surface area contributed by atoms with E-state index in [-0.39, 0.29) is 24.4 Å². The van der Waals surface area contributed by atoms with Gasteiger partial charge in [0.15, 0.2) is 0 Å². The molecule has 0 bridgehead atoms. The smallest absolute Gasteiger partial charge is 0.254 e. The Morgan fingerprint density at radius 2 is 2.24 bits per heavy atom. The van der Waals surface area contributed by atoms with Gasteiger partial charge in [0.1, 0.15) is 5.75 Å². The van der Waals surface area contributed by atoms with Crippen LogP contribution in [0.15, 0.2) is 24.3 Å². The zero-order chi connectivity index (χ0) is 14.5. The summed E-state index contributed by atoms with van der Waals surface area (Å²) in [5.74, 6) is 1.34. The lowest BCUT2D eigenvalue weighted by Crippen LogP contribution is -2.52. The number of carbonyl (C=O) groups excluding carboxylic acids is 1. The van der Waals surface area contributed by atoms with Crippen LogP contribution in [-0.2, 0) is 0 Å². The Morgan fingerprint density at radius 3 is 2.90 bits per heavy atom. The second-order valence-corrected chi connectivity index (χ2v) is 5.78. The fourth-order valence-electron chi connectivity index (χ4n) is 2.29. The maximum absolute atomic E-state index is 12.5. The molecule has 1 amide bonds. The summed E-state index contributed by atoms with van der Waals surface area (Å²) in [6, 6.07) is 7.73. The summed E-state index contributed by atoms with van der Waals surface area (Å²) in [5, 5.41) is 3.30. The first-order chi connectivity index (χ1) is 9.58. The number of hydrogen-bond donors (Lipinski definition) is 1. The number of piperazine rings is 1. The molecule has 21 heavy (non-hydrogen) atoms. The molecule has 5 heteroatoms. The van der Waals surface area contributed by atoms with Crippen molar-refractivity contribution in [3.05, 3.63) is 29.8 Å². The Bertz CT molecular complexity index is 465. The topological polar surface area (TPSA) is 41.6 Å². The summed E-state index contributed by atoms with van der Waals surface area (Å²) >= 11 is 0. The third kappa shape index (κ3) is 4.90. The van der Waals surface area contributed by atoms with Gasteiger partial charge in [-0.2, -0.15) is 0 Å². The molecule has 118 valence electrons. The third-order valence-corrected chi connectivity index (χ3v) is 3.43. The van der Waals surface area contributed by atoms with Crippen LogP contribution in [0.5, 0.6) is 5.75 Å². The van der Waals surface area contributed by atoms with E-state index in [0.717, 1.165) is 25.4 Å². The fourth-order valence-corrected chi connectivity index (χ4v) is 2.29. The molecule has 1 aliphatic heterocycles. The Hall–Kier alpha value is -1.26. The van der Waals surface area contributed by atoms with Crippen molar-refractivity contribution in [3.8, 4) is 5.75 Å². The van der Waals surface area contributed by atoms with E-state index in [0.29, 0.717) is 18.1 Å². The van der Waals surface area contributed by atoms with Gasteiger partial charge in [-0.1, -0.05) is 19.9 Å². The summed E-state index contributed by atoms with van der Waals surface area (Å²) < 4.78 is 5.69. The van der Waals surface area contributed by atoms with E-state index in [4.69, 9.17) is 4.74 Å². The standard InChI is InChI=1S/C16H24N2O2.ClH/c1-12(2)11-20-15-6-4-5-14(9-15)16(19)18-8-7-17-10-13(18)3;/h4-6,9,12-13,17H,7-8,10-11H2,1-3H3;1H/t13-;/m0./s1. The van der Waals surface area contributed by atoms with Crippen LogP contribution in [0.25, 0.3) is 0 Å². The van der Waals surface area contributed by atoms with E-state index in [1.807, 2.05) is 29.2 Å². The number of carbonyl (C=O) groups is 1. The van der Waals surface area contributed by atoms with Gasteiger partial charge in [-0.3, -0.25) is 4.79 Å². The van der Waals surface area contributed by atoms with Gasteiger partial charge in [0.25, 0.3) is 5.91 Å². The molecule has 1 aliphatic rings. The van der Waals surface area contributed by atoms with Gasteiger partial charge in [0.05, 0.1) is 6.61 Å². The van der Waals surface area contributed by atoms with Gasteiger partial charge >= 0.3 is 0 Å². The van der Waals surface area contributed by atoms with Crippen LogP contribution in [0.3, 0.4) is 0 Å². The maximum atomic E-state index is 12.5. The number of halogens is 1. The average Bonchev–Trinajstić information content (AvgIpc) is 2.45. The predicted molar refractivity (Wildman–Crippen MR) is 87.4 cm³/mol. The molecule has 4 nitrogen and oxygen atoms in total. The van der Waals surface area contributed by atoms with Crippen molar-refractivity contribution in [2.45, 2.75) is 26.8 Å². The van der Waals surface area contributed by atoms with E-state index < -0.39 is 0 Å². The van der Waals surface area contributed by atoms with Gasteiger partial charge in [0.2, 0.25) is 0 Å². The first kappa shape index (κ1) is 17.8. The monoisotopic (exact) mass is 312 g/mol. The first-order valence-electron chi connectivity index (χ1n) is 7.32. The van der Waals surface area contributed by atoms with Gasteiger partial charge in [0, 0.05) is 31.2 Å². The molecule has 1 heterocycles. The van der Waals surface area contributed by atoms with Crippen LogP contribution in [-0.4, -0.2) is 43.1 Å². The van der Waals surface area contributed by atoms with E-state index in [1.165, 1.54) is 0 Å². The molecule has 1 saturated heterocycles.